The number of amidine groups is 1. The number of fused-ring (bicyclic) bond motifs is 1. The van der Waals surface area contributed by atoms with Gasteiger partial charge in [-0.15, -0.1) is 0 Å². The molecule has 0 aliphatic carbocycles. The first kappa shape index (κ1) is 21.1. The van der Waals surface area contributed by atoms with E-state index in [4.69, 9.17) is 14.2 Å². The molecule has 1 aromatic rings. The predicted molar refractivity (Wildman–Crippen MR) is 113 cm³/mol. The van der Waals surface area contributed by atoms with Crippen molar-refractivity contribution in [2.24, 2.45) is 4.99 Å². The summed E-state index contributed by atoms with van der Waals surface area (Å²) in [6, 6.07) is 6.94. The summed E-state index contributed by atoms with van der Waals surface area (Å²) >= 11 is 1.39. The number of amides is 1. The molecule has 0 aromatic heterocycles. The van der Waals surface area contributed by atoms with Crippen molar-refractivity contribution in [3.8, 4) is 5.75 Å². The van der Waals surface area contributed by atoms with Crippen LogP contribution in [0.3, 0.4) is 0 Å². The van der Waals surface area contributed by atoms with Crippen LogP contribution in [-0.4, -0.2) is 60.7 Å². The number of esters is 1. The maximum atomic E-state index is 12.8. The van der Waals surface area contributed by atoms with Crippen molar-refractivity contribution in [2.45, 2.75) is 25.1 Å². The van der Waals surface area contributed by atoms with E-state index >= 15 is 0 Å². The fraction of sp³-hybridized carbons (Fsp3) is 0.381. The summed E-state index contributed by atoms with van der Waals surface area (Å²) in [7, 11) is 3.14. The van der Waals surface area contributed by atoms with Crippen LogP contribution in [0.25, 0.3) is 6.08 Å². The minimum atomic E-state index is -0.604. The number of thioether (sulfide) groups is 1. The molecular formula is C21H24N2O5S. The average molecular weight is 416 g/mol. The minimum absolute atomic E-state index is 0.0851. The molecule has 1 amide bonds. The molecule has 8 heteroatoms. The van der Waals surface area contributed by atoms with Crippen LogP contribution >= 0.6 is 11.8 Å². The largest absolute Gasteiger partial charge is 0.496 e. The van der Waals surface area contributed by atoms with E-state index in [0.717, 1.165) is 5.56 Å². The third-order valence-corrected chi connectivity index (χ3v) is 5.69. The lowest BCUT2D eigenvalue weighted by atomic mass is 10.00. The van der Waals surface area contributed by atoms with Crippen LogP contribution in [0.4, 0.5) is 0 Å². The molecule has 3 rings (SSSR count). The van der Waals surface area contributed by atoms with Gasteiger partial charge in [0.05, 0.1) is 36.3 Å². The number of rotatable bonds is 7. The van der Waals surface area contributed by atoms with E-state index in [1.54, 1.807) is 18.9 Å². The summed E-state index contributed by atoms with van der Waals surface area (Å²) in [6.07, 6.45) is 3.67. The zero-order valence-corrected chi connectivity index (χ0v) is 17.7. The third-order valence-electron chi connectivity index (χ3n) is 4.64. The van der Waals surface area contributed by atoms with Crippen molar-refractivity contribution in [3.63, 3.8) is 0 Å². The number of hydrogen-bond donors (Lipinski definition) is 0. The van der Waals surface area contributed by atoms with E-state index in [1.165, 1.54) is 18.9 Å². The summed E-state index contributed by atoms with van der Waals surface area (Å²) < 4.78 is 15.7. The van der Waals surface area contributed by atoms with Gasteiger partial charge in [0.15, 0.2) is 5.17 Å². The molecule has 1 aromatic carbocycles. The highest BCUT2D eigenvalue weighted by atomic mass is 32.2. The van der Waals surface area contributed by atoms with Gasteiger partial charge in [0, 0.05) is 12.7 Å². The number of nitrogens with zero attached hydrogens (tertiary/aromatic N) is 2. The second kappa shape index (κ2) is 9.28. The number of carbonyl (C=O) groups is 2. The Morgan fingerprint density at radius 2 is 2.03 bits per heavy atom. The SMILES string of the molecule is COCCOC(=O)C1=C(C)N=C2S[C@@H](C)C(=O)N2[C@H]1/C=C/c1ccccc1OC. The lowest BCUT2D eigenvalue weighted by Gasteiger charge is -2.30. The predicted octanol–water partition coefficient (Wildman–Crippen LogP) is 2.87. The van der Waals surface area contributed by atoms with Crippen LogP contribution in [0, 0.1) is 0 Å². The maximum Gasteiger partial charge on any atom is 0.338 e. The van der Waals surface area contributed by atoms with Crippen LogP contribution in [0.15, 0.2) is 46.6 Å². The van der Waals surface area contributed by atoms with Crippen molar-refractivity contribution >= 4 is 34.9 Å². The summed E-state index contributed by atoms with van der Waals surface area (Å²) in [4.78, 5) is 31.6. The molecule has 2 atom stereocenters. The van der Waals surface area contributed by atoms with E-state index in [1.807, 2.05) is 43.3 Å². The number of ether oxygens (including phenoxy) is 3. The van der Waals surface area contributed by atoms with Gasteiger partial charge in [0.25, 0.3) is 0 Å². The monoisotopic (exact) mass is 416 g/mol. The van der Waals surface area contributed by atoms with Gasteiger partial charge in [0.2, 0.25) is 5.91 Å². The zero-order chi connectivity index (χ0) is 21.0. The molecule has 2 aliphatic rings. The minimum Gasteiger partial charge on any atom is -0.496 e. The Morgan fingerprint density at radius 1 is 1.28 bits per heavy atom. The van der Waals surface area contributed by atoms with E-state index in [2.05, 4.69) is 4.99 Å². The lowest BCUT2D eigenvalue weighted by molar-refractivity contribution is -0.141. The molecule has 2 aliphatic heterocycles. The highest BCUT2D eigenvalue weighted by molar-refractivity contribution is 8.15. The van der Waals surface area contributed by atoms with Crippen molar-refractivity contribution < 1.29 is 23.8 Å². The van der Waals surface area contributed by atoms with Crippen molar-refractivity contribution in [1.29, 1.82) is 0 Å². The number of carbonyl (C=O) groups excluding carboxylic acids is 2. The molecule has 7 nitrogen and oxygen atoms in total. The normalized spacial score (nSPS) is 21.4. The topological polar surface area (TPSA) is 77.4 Å². The van der Waals surface area contributed by atoms with Gasteiger partial charge >= 0.3 is 5.97 Å². The van der Waals surface area contributed by atoms with Crippen LogP contribution in [0.2, 0.25) is 0 Å². The van der Waals surface area contributed by atoms with Crippen molar-refractivity contribution in [3.05, 3.63) is 47.2 Å². The molecule has 2 heterocycles. The quantitative estimate of drug-likeness (QED) is 0.502. The summed E-state index contributed by atoms with van der Waals surface area (Å²) in [6.45, 7) is 4.02. The fourth-order valence-electron chi connectivity index (χ4n) is 3.18. The maximum absolute atomic E-state index is 12.8. The second-order valence-electron chi connectivity index (χ2n) is 6.54. The second-order valence-corrected chi connectivity index (χ2v) is 7.84. The molecule has 0 unspecified atom stereocenters. The number of para-hydroxylation sites is 1. The van der Waals surface area contributed by atoms with Crippen LogP contribution in [0.1, 0.15) is 19.4 Å². The Balaban J connectivity index is 1.98. The van der Waals surface area contributed by atoms with Crippen LogP contribution < -0.4 is 4.74 Å². The summed E-state index contributed by atoms with van der Waals surface area (Å²) in [5.74, 6) is 0.112. The van der Waals surface area contributed by atoms with E-state index in [9.17, 15) is 9.59 Å². The van der Waals surface area contributed by atoms with Gasteiger partial charge in [-0.05, 0) is 19.9 Å². The van der Waals surface area contributed by atoms with E-state index in [-0.39, 0.29) is 17.8 Å². The molecule has 0 saturated carbocycles. The first-order valence-corrected chi connectivity index (χ1v) is 10.1. The van der Waals surface area contributed by atoms with Crippen molar-refractivity contribution in [2.75, 3.05) is 27.4 Å². The highest BCUT2D eigenvalue weighted by Crippen LogP contribution is 2.37. The molecule has 0 radical (unpaired) electrons. The number of methoxy groups -OCH3 is 2. The molecule has 154 valence electrons. The van der Waals surface area contributed by atoms with Crippen molar-refractivity contribution in [1.82, 2.24) is 4.90 Å². The van der Waals surface area contributed by atoms with Gasteiger partial charge in [-0.3, -0.25) is 9.69 Å². The molecular weight excluding hydrogens is 392 g/mol. The van der Waals surface area contributed by atoms with Crippen LogP contribution in [-0.2, 0) is 19.1 Å². The first-order valence-electron chi connectivity index (χ1n) is 9.24. The molecule has 0 spiro atoms. The number of aliphatic imine (C=N–C) groups is 1. The van der Waals surface area contributed by atoms with Gasteiger partial charge < -0.3 is 14.2 Å². The Bertz CT molecular complexity index is 893. The van der Waals surface area contributed by atoms with Gasteiger partial charge in [-0.25, -0.2) is 9.79 Å². The molecule has 29 heavy (non-hydrogen) atoms. The Kier molecular flexibility index (Phi) is 6.76. The lowest BCUT2D eigenvalue weighted by Crippen LogP contribution is -2.45. The van der Waals surface area contributed by atoms with Gasteiger partial charge in [0.1, 0.15) is 12.4 Å². The Morgan fingerprint density at radius 3 is 2.76 bits per heavy atom. The van der Waals surface area contributed by atoms with Gasteiger partial charge in [-0.1, -0.05) is 42.1 Å². The Labute approximate surface area is 174 Å². The Hall–Kier alpha value is -2.58. The molecule has 0 N–H and O–H groups in total. The smallest absolute Gasteiger partial charge is 0.338 e. The molecule has 0 bridgehead atoms. The third kappa shape index (κ3) is 4.38. The average Bonchev–Trinajstić information content (AvgIpc) is 2.99. The van der Waals surface area contributed by atoms with E-state index < -0.39 is 12.0 Å². The number of hydrogen-bond acceptors (Lipinski definition) is 7. The summed E-state index contributed by atoms with van der Waals surface area (Å²) in [5, 5.41) is 0.343. The van der Waals surface area contributed by atoms with E-state index in [0.29, 0.717) is 28.8 Å². The highest BCUT2D eigenvalue weighted by Gasteiger charge is 2.44. The first-order chi connectivity index (χ1) is 14.0. The van der Waals surface area contributed by atoms with Crippen LogP contribution in [0.5, 0.6) is 5.75 Å². The number of benzene rings is 1. The number of allylic oxidation sites excluding steroid dienone is 1. The summed E-state index contributed by atoms with van der Waals surface area (Å²) in [5.41, 5.74) is 1.73. The standard InChI is InChI=1S/C21H24N2O5S/c1-13-18(20(25)28-12-11-26-3)16(23-19(24)14(2)29-21(23)22-13)10-9-15-7-5-6-8-17(15)27-4/h5-10,14,16H,11-12H2,1-4H3/b10-9+/t14-,16-/m0/s1. The molecule has 1 saturated heterocycles. The molecule has 1 fully saturated rings. The zero-order valence-electron chi connectivity index (χ0n) is 16.9. The fourth-order valence-corrected chi connectivity index (χ4v) is 4.22. The van der Waals surface area contributed by atoms with Gasteiger partial charge in [-0.2, -0.15) is 0 Å².